The van der Waals surface area contributed by atoms with Crippen LogP contribution >= 0.6 is 11.3 Å². The number of carbonyl (C=O) groups excluding carboxylic acids is 2. The number of piperidine rings is 1. The lowest BCUT2D eigenvalue weighted by molar-refractivity contribution is 0.0914. The molecule has 2 heterocycles. The average molecular weight is 358 g/mol. The molecule has 7 heteroatoms. The molecule has 0 saturated carbocycles. The van der Waals surface area contributed by atoms with Crippen molar-refractivity contribution in [3.63, 3.8) is 0 Å². The van der Waals surface area contributed by atoms with Crippen molar-refractivity contribution in [1.29, 1.82) is 0 Å². The van der Waals surface area contributed by atoms with Crippen LogP contribution in [-0.4, -0.2) is 41.0 Å². The normalized spacial score (nSPS) is 15.0. The first-order valence-corrected chi connectivity index (χ1v) is 9.20. The number of amides is 3. The van der Waals surface area contributed by atoms with E-state index >= 15 is 0 Å². The van der Waals surface area contributed by atoms with Crippen LogP contribution in [0.5, 0.6) is 0 Å². The molecule has 0 unspecified atom stereocenters. The molecule has 2 aromatic rings. The van der Waals surface area contributed by atoms with Gasteiger partial charge in [-0.1, -0.05) is 18.2 Å². The Morgan fingerprint density at radius 3 is 2.44 bits per heavy atom. The molecular weight excluding hydrogens is 336 g/mol. The van der Waals surface area contributed by atoms with Crippen molar-refractivity contribution in [2.75, 3.05) is 18.4 Å². The molecule has 0 aliphatic carbocycles. The Bertz CT molecular complexity index is 752. The van der Waals surface area contributed by atoms with Gasteiger partial charge in [0.1, 0.15) is 5.69 Å². The fourth-order valence-electron chi connectivity index (χ4n) is 2.94. The van der Waals surface area contributed by atoms with Crippen molar-refractivity contribution in [2.24, 2.45) is 0 Å². The summed E-state index contributed by atoms with van der Waals surface area (Å²) in [6.07, 6.45) is 1.49. The minimum absolute atomic E-state index is 0.0784. The second-order valence-electron chi connectivity index (χ2n) is 6.17. The van der Waals surface area contributed by atoms with Gasteiger partial charge in [0.25, 0.3) is 5.91 Å². The maximum Gasteiger partial charge on any atom is 0.321 e. The van der Waals surface area contributed by atoms with Gasteiger partial charge in [0.2, 0.25) is 0 Å². The Hall–Kier alpha value is -2.41. The molecule has 3 amide bonds. The molecule has 3 rings (SSSR count). The van der Waals surface area contributed by atoms with Crippen LogP contribution in [0.3, 0.4) is 0 Å². The maximum absolute atomic E-state index is 12.3. The van der Waals surface area contributed by atoms with Crippen LogP contribution in [0.25, 0.3) is 0 Å². The van der Waals surface area contributed by atoms with Gasteiger partial charge in [-0.05, 0) is 38.8 Å². The summed E-state index contributed by atoms with van der Waals surface area (Å²) in [5.41, 5.74) is 1.31. The molecular formula is C18H22N4O2S. The number of likely N-dealkylation sites (tertiary alicyclic amines) is 1. The average Bonchev–Trinajstić information content (AvgIpc) is 2.95. The summed E-state index contributed by atoms with van der Waals surface area (Å²) < 4.78 is 0. The van der Waals surface area contributed by atoms with Crippen molar-refractivity contribution in [3.8, 4) is 0 Å². The van der Waals surface area contributed by atoms with Crippen LogP contribution in [0, 0.1) is 13.8 Å². The number of anilines is 1. The van der Waals surface area contributed by atoms with E-state index in [1.165, 1.54) is 11.3 Å². The lowest BCUT2D eigenvalue weighted by atomic mass is 10.1. The Morgan fingerprint density at radius 1 is 1.16 bits per heavy atom. The molecule has 6 nitrogen and oxygen atoms in total. The van der Waals surface area contributed by atoms with Crippen LogP contribution in [0.2, 0.25) is 0 Å². The Balaban J connectivity index is 1.49. The number of benzene rings is 1. The van der Waals surface area contributed by atoms with Gasteiger partial charge < -0.3 is 15.5 Å². The number of hydrogen-bond donors (Lipinski definition) is 2. The van der Waals surface area contributed by atoms with Crippen LogP contribution < -0.4 is 10.6 Å². The van der Waals surface area contributed by atoms with E-state index in [0.29, 0.717) is 18.8 Å². The maximum atomic E-state index is 12.3. The summed E-state index contributed by atoms with van der Waals surface area (Å²) in [5.74, 6) is -0.117. The smallest absolute Gasteiger partial charge is 0.321 e. The largest absolute Gasteiger partial charge is 0.348 e. The van der Waals surface area contributed by atoms with E-state index in [1.807, 2.05) is 44.2 Å². The highest BCUT2D eigenvalue weighted by Crippen LogP contribution is 2.18. The van der Waals surface area contributed by atoms with Crippen molar-refractivity contribution in [3.05, 3.63) is 45.9 Å². The van der Waals surface area contributed by atoms with E-state index in [4.69, 9.17) is 0 Å². The highest BCUT2D eigenvalue weighted by molar-refractivity contribution is 7.11. The van der Waals surface area contributed by atoms with Gasteiger partial charge in [-0.2, -0.15) is 0 Å². The first kappa shape index (κ1) is 17.4. The summed E-state index contributed by atoms with van der Waals surface area (Å²) in [6.45, 7) is 5.06. The van der Waals surface area contributed by atoms with Gasteiger partial charge >= 0.3 is 6.03 Å². The molecule has 1 aromatic carbocycles. The highest BCUT2D eigenvalue weighted by atomic mass is 32.1. The molecule has 132 valence electrons. The van der Waals surface area contributed by atoms with Crippen LogP contribution in [0.15, 0.2) is 30.3 Å². The second-order valence-corrected chi connectivity index (χ2v) is 7.58. The Kier molecular flexibility index (Phi) is 5.33. The number of urea groups is 1. The number of aromatic nitrogens is 1. The van der Waals surface area contributed by atoms with Crippen LogP contribution in [-0.2, 0) is 0 Å². The van der Waals surface area contributed by atoms with Crippen molar-refractivity contribution >= 4 is 29.0 Å². The number of aryl methyl sites for hydroxylation is 2. The molecule has 1 saturated heterocycles. The van der Waals surface area contributed by atoms with E-state index < -0.39 is 0 Å². The summed E-state index contributed by atoms with van der Waals surface area (Å²) >= 11 is 1.53. The molecule has 25 heavy (non-hydrogen) atoms. The molecule has 1 aliphatic heterocycles. The highest BCUT2D eigenvalue weighted by Gasteiger charge is 2.25. The topological polar surface area (TPSA) is 74.3 Å². The minimum Gasteiger partial charge on any atom is -0.348 e. The third-order valence-electron chi connectivity index (χ3n) is 4.26. The van der Waals surface area contributed by atoms with E-state index in [1.54, 1.807) is 4.90 Å². The summed E-state index contributed by atoms with van der Waals surface area (Å²) in [5, 5.41) is 6.84. The van der Waals surface area contributed by atoms with E-state index in [2.05, 4.69) is 15.6 Å². The predicted molar refractivity (Wildman–Crippen MR) is 99.1 cm³/mol. The quantitative estimate of drug-likeness (QED) is 0.885. The molecule has 1 aliphatic rings. The lowest BCUT2D eigenvalue weighted by Gasteiger charge is -2.32. The molecule has 0 spiro atoms. The number of nitrogens with zero attached hydrogens (tertiary/aromatic N) is 2. The number of hydrogen-bond acceptors (Lipinski definition) is 4. The first-order valence-electron chi connectivity index (χ1n) is 8.39. The van der Waals surface area contributed by atoms with Gasteiger partial charge in [0.15, 0.2) is 0 Å². The number of para-hydroxylation sites is 1. The van der Waals surface area contributed by atoms with Crippen molar-refractivity contribution in [2.45, 2.75) is 32.7 Å². The van der Waals surface area contributed by atoms with E-state index in [0.717, 1.165) is 28.4 Å². The Morgan fingerprint density at radius 2 is 1.84 bits per heavy atom. The first-order chi connectivity index (χ1) is 12.0. The second kappa shape index (κ2) is 7.65. The zero-order valence-electron chi connectivity index (χ0n) is 14.4. The number of rotatable bonds is 3. The van der Waals surface area contributed by atoms with Crippen LogP contribution in [0.4, 0.5) is 10.5 Å². The lowest BCUT2D eigenvalue weighted by Crippen LogP contribution is -2.47. The van der Waals surface area contributed by atoms with Crippen molar-refractivity contribution in [1.82, 2.24) is 15.2 Å². The van der Waals surface area contributed by atoms with E-state index in [-0.39, 0.29) is 18.0 Å². The molecule has 1 fully saturated rings. The fraction of sp³-hybridized carbons (Fsp3) is 0.389. The molecule has 2 N–H and O–H groups in total. The van der Waals surface area contributed by atoms with Gasteiger partial charge in [0, 0.05) is 29.7 Å². The predicted octanol–water partition coefficient (Wildman–Crippen LogP) is 3.19. The summed E-state index contributed by atoms with van der Waals surface area (Å²) in [7, 11) is 0. The third-order valence-corrected chi connectivity index (χ3v) is 5.15. The fourth-order valence-corrected chi connectivity index (χ4v) is 3.76. The summed E-state index contributed by atoms with van der Waals surface area (Å²) in [4.78, 5) is 31.7. The molecule has 0 atom stereocenters. The minimum atomic E-state index is -0.117. The number of thiazole rings is 1. The van der Waals surface area contributed by atoms with Gasteiger partial charge in [-0.25, -0.2) is 9.78 Å². The monoisotopic (exact) mass is 358 g/mol. The molecule has 1 aromatic heterocycles. The zero-order chi connectivity index (χ0) is 17.8. The summed E-state index contributed by atoms with van der Waals surface area (Å²) in [6, 6.07) is 9.40. The van der Waals surface area contributed by atoms with Crippen LogP contribution in [0.1, 0.15) is 33.2 Å². The van der Waals surface area contributed by atoms with E-state index in [9.17, 15) is 9.59 Å². The Labute approximate surface area is 151 Å². The number of carbonyl (C=O) groups is 2. The van der Waals surface area contributed by atoms with Gasteiger partial charge in [0.05, 0.1) is 5.01 Å². The zero-order valence-corrected chi connectivity index (χ0v) is 15.2. The van der Waals surface area contributed by atoms with Gasteiger partial charge in [-0.3, -0.25) is 4.79 Å². The third kappa shape index (κ3) is 4.36. The van der Waals surface area contributed by atoms with Crippen molar-refractivity contribution < 1.29 is 9.59 Å². The standard InChI is InChI=1S/C18H22N4O2S/c1-12-16(19-13(2)25-12)17(23)20-15-8-10-22(11-9-15)18(24)21-14-6-4-3-5-7-14/h3-7,15H,8-11H2,1-2H3,(H,20,23)(H,21,24). The molecule has 0 radical (unpaired) electrons. The molecule has 0 bridgehead atoms. The SMILES string of the molecule is Cc1nc(C(=O)NC2CCN(C(=O)Nc3ccccc3)CC2)c(C)s1. The van der Waals surface area contributed by atoms with Gasteiger partial charge in [-0.15, -0.1) is 11.3 Å². The number of nitrogens with one attached hydrogen (secondary N) is 2.